The molecule has 0 saturated carbocycles. The van der Waals surface area contributed by atoms with E-state index in [2.05, 4.69) is 4.43 Å². The minimum absolute atomic E-state index is 0.406. The number of rotatable bonds is 4. The van der Waals surface area contributed by atoms with Gasteiger partial charge in [-0.2, -0.15) is 4.89 Å². The third kappa shape index (κ3) is 2.99. The summed E-state index contributed by atoms with van der Waals surface area (Å²) in [5.41, 5.74) is 0.406. The first-order valence-electron chi connectivity index (χ1n) is 3.71. The lowest BCUT2D eigenvalue weighted by molar-refractivity contribution is 0.193. The molecular formula is C7H8O5PSi+. The molecule has 2 unspecified atom stereocenters. The van der Waals surface area contributed by atoms with Crippen LogP contribution in [0, 0.1) is 0 Å². The lowest BCUT2D eigenvalue weighted by Gasteiger charge is -2.03. The summed E-state index contributed by atoms with van der Waals surface area (Å²) in [6, 6.07) is 8.14. The van der Waals surface area contributed by atoms with E-state index in [0.717, 1.165) is 0 Å². The van der Waals surface area contributed by atoms with Crippen LogP contribution >= 0.6 is 8.03 Å². The maximum Gasteiger partial charge on any atom is 0.768 e. The molecule has 0 amide bonds. The van der Waals surface area contributed by atoms with Crippen molar-refractivity contribution in [2.45, 2.75) is 5.85 Å². The zero-order valence-corrected chi connectivity index (χ0v) is 8.92. The Labute approximate surface area is 82.7 Å². The van der Waals surface area contributed by atoms with Crippen LogP contribution in [-0.4, -0.2) is 18.9 Å². The van der Waals surface area contributed by atoms with Gasteiger partial charge in [-0.3, -0.25) is 4.46 Å². The highest BCUT2D eigenvalue weighted by Gasteiger charge is 2.35. The molecule has 0 fully saturated rings. The number of hydrogen-bond donors (Lipinski definition) is 2. The Balaban J connectivity index is 2.89. The minimum Gasteiger partial charge on any atom is -0.511 e. The summed E-state index contributed by atoms with van der Waals surface area (Å²) < 4.78 is 25.7. The Morgan fingerprint density at radius 2 is 1.93 bits per heavy atom. The average Bonchev–Trinajstić information content (AvgIpc) is 2.15. The largest absolute Gasteiger partial charge is 0.768 e. The molecule has 1 aromatic carbocycles. The maximum absolute atomic E-state index is 10.8. The molecule has 74 valence electrons. The molecule has 7 heteroatoms. The molecule has 1 rings (SSSR count). The third-order valence-corrected chi connectivity index (χ3v) is 2.94. The van der Waals surface area contributed by atoms with Crippen molar-refractivity contribution in [1.82, 2.24) is 0 Å². The summed E-state index contributed by atoms with van der Waals surface area (Å²) >= 11 is 0. The van der Waals surface area contributed by atoms with E-state index >= 15 is 0 Å². The molecule has 0 aliphatic rings. The Hall–Kier alpha value is -1.10. The van der Waals surface area contributed by atoms with Crippen LogP contribution in [-0.2, 0) is 13.5 Å². The molecule has 0 saturated heterocycles. The molecule has 0 bridgehead atoms. The van der Waals surface area contributed by atoms with Crippen LogP contribution in [0.5, 0.6) is 0 Å². The summed E-state index contributed by atoms with van der Waals surface area (Å²) in [5.74, 6) is -1.23. The second-order valence-corrected chi connectivity index (χ2v) is 4.29. The van der Waals surface area contributed by atoms with Crippen LogP contribution in [0.2, 0.25) is 0 Å². The summed E-state index contributed by atoms with van der Waals surface area (Å²) in [6.07, 6.45) is 0. The molecule has 0 aromatic heterocycles. The normalized spacial score (nSPS) is 13.1. The van der Waals surface area contributed by atoms with Crippen LogP contribution in [0.25, 0.3) is 0 Å². The van der Waals surface area contributed by atoms with E-state index in [1.807, 2.05) is 0 Å². The van der Waals surface area contributed by atoms with E-state index in [-0.39, 0.29) is 0 Å². The lowest BCUT2D eigenvalue weighted by Crippen LogP contribution is -2.09. The van der Waals surface area contributed by atoms with Gasteiger partial charge in [-0.1, -0.05) is 30.3 Å². The molecule has 0 aliphatic carbocycles. The highest BCUT2D eigenvalue weighted by molar-refractivity contribution is 7.38. The van der Waals surface area contributed by atoms with Gasteiger partial charge in [-0.15, -0.1) is 0 Å². The first-order chi connectivity index (χ1) is 6.61. The van der Waals surface area contributed by atoms with Gasteiger partial charge in [0.25, 0.3) is 0 Å². The first kappa shape index (κ1) is 11.0. The Morgan fingerprint density at radius 1 is 1.36 bits per heavy atom. The standard InChI is InChI=1S/C7H7O5PSi/c8-13(9)7(12-14(10)11)6-4-2-1-3-5-6/h1-5,7,10H/p+1. The quantitative estimate of drug-likeness (QED) is 0.592. The second kappa shape index (κ2) is 4.95. The fraction of sp³-hybridized carbons (Fsp3) is 0.143. The van der Waals surface area contributed by atoms with Gasteiger partial charge >= 0.3 is 23.0 Å². The van der Waals surface area contributed by atoms with Gasteiger partial charge in [0.15, 0.2) is 0 Å². The van der Waals surface area contributed by atoms with Gasteiger partial charge in [0.2, 0.25) is 0 Å². The number of benzene rings is 1. The topological polar surface area (TPSA) is 83.8 Å². The van der Waals surface area contributed by atoms with E-state index in [1.165, 1.54) is 0 Å². The van der Waals surface area contributed by atoms with E-state index in [1.54, 1.807) is 30.3 Å². The summed E-state index contributed by atoms with van der Waals surface area (Å²) in [4.78, 5) is 17.4. The van der Waals surface area contributed by atoms with Gasteiger partial charge in [0.1, 0.15) is 0 Å². The molecule has 5 nitrogen and oxygen atoms in total. The predicted molar refractivity (Wildman–Crippen MR) is 48.8 cm³/mol. The lowest BCUT2D eigenvalue weighted by atomic mass is 10.2. The predicted octanol–water partition coefficient (Wildman–Crippen LogP) is 0.844. The van der Waals surface area contributed by atoms with E-state index in [0.29, 0.717) is 5.56 Å². The fourth-order valence-electron chi connectivity index (χ4n) is 0.954. The second-order valence-electron chi connectivity index (χ2n) is 2.45. The number of hydrogen-bond acceptors (Lipinski definition) is 3. The van der Waals surface area contributed by atoms with Crippen LogP contribution in [0.3, 0.4) is 0 Å². The van der Waals surface area contributed by atoms with Crippen molar-refractivity contribution in [1.29, 1.82) is 0 Å². The third-order valence-electron chi connectivity index (χ3n) is 1.50. The summed E-state index contributed by atoms with van der Waals surface area (Å²) in [7, 11) is -5.90. The molecule has 2 atom stereocenters. The van der Waals surface area contributed by atoms with Crippen LogP contribution in [0.4, 0.5) is 0 Å². The molecule has 1 aromatic rings. The highest BCUT2D eigenvalue weighted by Crippen LogP contribution is 2.37. The highest BCUT2D eigenvalue weighted by atomic mass is 31.1. The molecule has 14 heavy (non-hydrogen) atoms. The van der Waals surface area contributed by atoms with Crippen molar-refractivity contribution in [2.24, 2.45) is 0 Å². The SMILES string of the molecule is O=[Si](O)OC(c1ccccc1)[P+](=O)O. The van der Waals surface area contributed by atoms with Crippen molar-refractivity contribution >= 4 is 17.2 Å². The van der Waals surface area contributed by atoms with Gasteiger partial charge in [0.05, 0.1) is 0 Å². The van der Waals surface area contributed by atoms with Crippen LogP contribution < -0.4 is 0 Å². The molecule has 0 heterocycles. The van der Waals surface area contributed by atoms with E-state index in [9.17, 15) is 9.03 Å². The van der Waals surface area contributed by atoms with E-state index in [4.69, 9.17) is 9.69 Å². The Bertz CT molecular complexity index is 341. The molecule has 0 radical (unpaired) electrons. The molecule has 2 N–H and O–H groups in total. The monoisotopic (exact) mass is 231 g/mol. The van der Waals surface area contributed by atoms with Gasteiger partial charge in [0, 0.05) is 5.56 Å². The van der Waals surface area contributed by atoms with Crippen molar-refractivity contribution in [3.8, 4) is 0 Å². The van der Waals surface area contributed by atoms with Gasteiger partial charge in [-0.05, 0) is 4.57 Å². The molecule has 0 aliphatic heterocycles. The average molecular weight is 231 g/mol. The molecule has 0 spiro atoms. The van der Waals surface area contributed by atoms with Crippen molar-refractivity contribution < 1.29 is 23.1 Å². The van der Waals surface area contributed by atoms with Crippen molar-refractivity contribution in [3.05, 3.63) is 35.9 Å². The van der Waals surface area contributed by atoms with E-state index < -0.39 is 23.0 Å². The van der Waals surface area contributed by atoms with Crippen LogP contribution in [0.15, 0.2) is 30.3 Å². The van der Waals surface area contributed by atoms with Gasteiger partial charge < -0.3 is 9.22 Å². The van der Waals surface area contributed by atoms with Crippen LogP contribution in [0.1, 0.15) is 11.4 Å². The zero-order valence-electron chi connectivity index (χ0n) is 7.03. The smallest absolute Gasteiger partial charge is 0.511 e. The minimum atomic E-state index is -3.22. The maximum atomic E-state index is 10.8. The fourth-order valence-corrected chi connectivity index (χ4v) is 2.34. The Morgan fingerprint density at radius 3 is 2.36 bits per heavy atom. The zero-order chi connectivity index (χ0) is 10.6. The Kier molecular flexibility index (Phi) is 3.88. The first-order valence-corrected chi connectivity index (χ1v) is 6.25. The van der Waals surface area contributed by atoms with Crippen molar-refractivity contribution in [3.63, 3.8) is 0 Å². The van der Waals surface area contributed by atoms with Gasteiger partial charge in [-0.25, -0.2) is 0 Å². The van der Waals surface area contributed by atoms with Crippen molar-refractivity contribution in [2.75, 3.05) is 0 Å². The summed E-state index contributed by atoms with van der Waals surface area (Å²) in [6.45, 7) is 0. The summed E-state index contributed by atoms with van der Waals surface area (Å²) in [5, 5.41) is 0. The molecular weight excluding hydrogens is 223 g/mol.